The summed E-state index contributed by atoms with van der Waals surface area (Å²) in [6, 6.07) is 1.83. The van der Waals surface area contributed by atoms with Gasteiger partial charge in [-0.25, -0.2) is 9.97 Å². The van der Waals surface area contributed by atoms with Crippen molar-refractivity contribution in [2.24, 2.45) is 0 Å². The average molecular weight is 303 g/mol. The Kier molecular flexibility index (Phi) is 4.87. The zero-order valence-corrected chi connectivity index (χ0v) is 12.2. The minimum atomic E-state index is -4.55. The molecule has 5 nitrogen and oxygen atoms in total. The van der Waals surface area contributed by atoms with E-state index in [0.717, 1.165) is 25.9 Å². The molecule has 0 aliphatic carbocycles. The Bertz CT molecular complexity index is 477. The molecular weight excluding hydrogens is 283 g/mol. The van der Waals surface area contributed by atoms with E-state index >= 15 is 0 Å². The zero-order valence-electron chi connectivity index (χ0n) is 12.2. The molecule has 1 fully saturated rings. The third-order valence-electron chi connectivity index (χ3n) is 3.66. The summed E-state index contributed by atoms with van der Waals surface area (Å²) in [5.41, 5.74) is 0. The Balaban J connectivity index is 2.09. The summed E-state index contributed by atoms with van der Waals surface area (Å²) in [6.07, 6.45) is -2.37. The molecule has 8 heteroatoms. The number of likely N-dealkylation sites (tertiary alicyclic amines) is 1. The van der Waals surface area contributed by atoms with E-state index in [9.17, 15) is 13.2 Å². The van der Waals surface area contributed by atoms with Crippen molar-refractivity contribution in [2.75, 3.05) is 37.3 Å². The zero-order chi connectivity index (χ0) is 15.5. The van der Waals surface area contributed by atoms with Crippen LogP contribution in [0, 0.1) is 0 Å². The van der Waals surface area contributed by atoms with Gasteiger partial charge in [0.1, 0.15) is 11.6 Å². The van der Waals surface area contributed by atoms with Crippen molar-refractivity contribution >= 4 is 11.6 Å². The van der Waals surface area contributed by atoms with Crippen molar-refractivity contribution in [3.05, 3.63) is 11.9 Å². The fraction of sp³-hybridized carbons (Fsp3) is 0.692. The Morgan fingerprint density at radius 3 is 2.67 bits per heavy atom. The Labute approximate surface area is 122 Å². The van der Waals surface area contributed by atoms with Gasteiger partial charge in [-0.05, 0) is 25.9 Å². The largest absolute Gasteiger partial charge is 0.451 e. The summed E-state index contributed by atoms with van der Waals surface area (Å²) < 4.78 is 38.3. The first-order valence-electron chi connectivity index (χ1n) is 7.06. The molecule has 0 radical (unpaired) electrons. The highest BCUT2D eigenvalue weighted by atomic mass is 19.4. The van der Waals surface area contributed by atoms with Crippen molar-refractivity contribution < 1.29 is 13.2 Å². The lowest BCUT2D eigenvalue weighted by Crippen LogP contribution is -2.34. The van der Waals surface area contributed by atoms with E-state index in [2.05, 4.69) is 32.4 Å². The lowest BCUT2D eigenvalue weighted by atomic mass is 10.2. The molecule has 118 valence electrons. The summed E-state index contributed by atoms with van der Waals surface area (Å²) in [5.74, 6) is -0.779. The number of nitrogens with one attached hydrogen (secondary N) is 2. The second-order valence-electron chi connectivity index (χ2n) is 5.02. The van der Waals surface area contributed by atoms with Crippen LogP contribution in [0.1, 0.15) is 25.6 Å². The van der Waals surface area contributed by atoms with Gasteiger partial charge in [-0.3, -0.25) is 4.90 Å². The van der Waals surface area contributed by atoms with Crippen LogP contribution in [0.4, 0.5) is 24.8 Å². The molecule has 0 bridgehead atoms. The number of aromatic nitrogens is 2. The normalized spacial score (nSPS) is 19.8. The number of rotatable bonds is 5. The van der Waals surface area contributed by atoms with Gasteiger partial charge in [0.25, 0.3) is 0 Å². The van der Waals surface area contributed by atoms with Gasteiger partial charge in [0.05, 0.1) is 0 Å². The van der Waals surface area contributed by atoms with Crippen LogP contribution in [0.5, 0.6) is 0 Å². The van der Waals surface area contributed by atoms with E-state index in [1.165, 1.54) is 13.1 Å². The first kappa shape index (κ1) is 15.8. The molecule has 0 saturated carbocycles. The number of nitrogens with zero attached hydrogens (tertiary/aromatic N) is 3. The second kappa shape index (κ2) is 6.46. The molecule has 1 saturated heterocycles. The Hall–Kier alpha value is -1.57. The maximum atomic E-state index is 12.8. The molecule has 1 aromatic heterocycles. The molecule has 1 aliphatic heterocycles. The second-order valence-corrected chi connectivity index (χ2v) is 5.02. The highest BCUT2D eigenvalue weighted by molar-refractivity contribution is 5.47. The molecule has 21 heavy (non-hydrogen) atoms. The number of hydrogen-bond donors (Lipinski definition) is 2. The number of alkyl halides is 3. The molecule has 1 atom stereocenters. The van der Waals surface area contributed by atoms with Gasteiger partial charge in [-0.15, -0.1) is 0 Å². The smallest absolute Gasteiger partial charge is 0.373 e. The third-order valence-corrected chi connectivity index (χ3v) is 3.66. The van der Waals surface area contributed by atoms with Gasteiger partial charge >= 0.3 is 6.18 Å². The topological polar surface area (TPSA) is 53.1 Å². The quantitative estimate of drug-likeness (QED) is 0.875. The van der Waals surface area contributed by atoms with Crippen LogP contribution < -0.4 is 10.6 Å². The Morgan fingerprint density at radius 1 is 1.33 bits per heavy atom. The first-order valence-corrected chi connectivity index (χ1v) is 7.06. The fourth-order valence-electron chi connectivity index (χ4n) is 2.56. The molecule has 0 spiro atoms. The van der Waals surface area contributed by atoms with Gasteiger partial charge in [-0.1, -0.05) is 6.92 Å². The molecule has 1 aliphatic rings. The fourth-order valence-corrected chi connectivity index (χ4v) is 2.56. The number of likely N-dealkylation sites (N-methyl/N-ethyl adjacent to an activating group) is 1. The number of halogens is 3. The molecule has 2 N–H and O–H groups in total. The maximum absolute atomic E-state index is 12.8. The van der Waals surface area contributed by atoms with Crippen LogP contribution in [0.2, 0.25) is 0 Å². The van der Waals surface area contributed by atoms with Crippen LogP contribution in [0.15, 0.2) is 6.07 Å². The summed E-state index contributed by atoms with van der Waals surface area (Å²) in [7, 11) is 1.53. The molecular formula is C13H20F3N5. The standard InChI is InChI=1S/C13H20F3N5/c1-3-21-6-4-5-9(21)8-18-11-7-10(17-2)19-12(20-11)13(14,15)16/h7,9H,3-6,8H2,1-2H3,(H2,17,18,19,20). The number of hydrogen-bond acceptors (Lipinski definition) is 5. The van der Waals surface area contributed by atoms with Crippen molar-refractivity contribution in [3.63, 3.8) is 0 Å². The predicted molar refractivity (Wildman–Crippen MR) is 75.3 cm³/mol. The van der Waals surface area contributed by atoms with E-state index < -0.39 is 12.0 Å². The van der Waals surface area contributed by atoms with E-state index in [0.29, 0.717) is 12.6 Å². The summed E-state index contributed by atoms with van der Waals surface area (Å²) in [4.78, 5) is 9.31. The molecule has 2 heterocycles. The van der Waals surface area contributed by atoms with Gasteiger partial charge in [0.15, 0.2) is 0 Å². The summed E-state index contributed by atoms with van der Waals surface area (Å²) in [5, 5.41) is 5.63. The van der Waals surface area contributed by atoms with E-state index in [1.807, 2.05) is 0 Å². The number of anilines is 2. The maximum Gasteiger partial charge on any atom is 0.451 e. The highest BCUT2D eigenvalue weighted by Crippen LogP contribution is 2.28. The van der Waals surface area contributed by atoms with Crippen molar-refractivity contribution in [1.29, 1.82) is 0 Å². The molecule has 0 amide bonds. The SMILES string of the molecule is CCN1CCCC1CNc1cc(NC)nc(C(F)(F)F)n1. The Morgan fingerprint density at radius 2 is 2.05 bits per heavy atom. The summed E-state index contributed by atoms with van der Waals surface area (Å²) >= 11 is 0. The molecule has 1 aromatic rings. The van der Waals surface area contributed by atoms with Gasteiger partial charge < -0.3 is 10.6 Å². The van der Waals surface area contributed by atoms with E-state index in [4.69, 9.17) is 0 Å². The highest BCUT2D eigenvalue weighted by Gasteiger charge is 2.35. The molecule has 0 aromatic carbocycles. The summed E-state index contributed by atoms with van der Waals surface area (Å²) in [6.45, 7) is 4.67. The third kappa shape index (κ3) is 3.96. The molecule has 1 unspecified atom stereocenters. The van der Waals surface area contributed by atoms with Crippen molar-refractivity contribution in [3.8, 4) is 0 Å². The predicted octanol–water partition coefficient (Wildman–Crippen LogP) is 2.43. The minimum absolute atomic E-state index is 0.151. The minimum Gasteiger partial charge on any atom is -0.373 e. The van der Waals surface area contributed by atoms with E-state index in [1.54, 1.807) is 0 Å². The van der Waals surface area contributed by atoms with Gasteiger partial charge in [0.2, 0.25) is 5.82 Å². The van der Waals surface area contributed by atoms with Crippen LogP contribution in [-0.4, -0.2) is 47.6 Å². The lowest BCUT2D eigenvalue weighted by molar-refractivity contribution is -0.144. The van der Waals surface area contributed by atoms with Gasteiger partial charge in [0, 0.05) is 25.7 Å². The van der Waals surface area contributed by atoms with Crippen LogP contribution in [0.25, 0.3) is 0 Å². The van der Waals surface area contributed by atoms with Crippen molar-refractivity contribution in [2.45, 2.75) is 32.0 Å². The van der Waals surface area contributed by atoms with Crippen LogP contribution in [0.3, 0.4) is 0 Å². The van der Waals surface area contributed by atoms with E-state index in [-0.39, 0.29) is 11.6 Å². The van der Waals surface area contributed by atoms with Crippen LogP contribution in [-0.2, 0) is 6.18 Å². The molecule has 2 rings (SSSR count). The van der Waals surface area contributed by atoms with Crippen molar-refractivity contribution in [1.82, 2.24) is 14.9 Å². The van der Waals surface area contributed by atoms with Crippen LogP contribution >= 0.6 is 0 Å². The lowest BCUT2D eigenvalue weighted by Gasteiger charge is -2.23. The first-order chi connectivity index (χ1) is 9.94. The monoisotopic (exact) mass is 303 g/mol. The van der Waals surface area contributed by atoms with Gasteiger partial charge in [-0.2, -0.15) is 13.2 Å². The average Bonchev–Trinajstić information content (AvgIpc) is 2.91.